The molecule has 13 aromatic carbocycles. The minimum absolute atomic E-state index is 0.174. The molecule has 0 aliphatic carbocycles. The van der Waals surface area contributed by atoms with Gasteiger partial charge in [0.1, 0.15) is 23.0 Å². The minimum Gasteiger partial charge on any atom is -0.458 e. The predicted octanol–water partition coefficient (Wildman–Crippen LogP) is 16.5. The molecule has 13 aromatic rings. The Hall–Kier alpha value is -10.8. The molecule has 0 saturated carbocycles. The van der Waals surface area contributed by atoms with Crippen molar-refractivity contribution in [2.45, 2.75) is 0 Å². The second kappa shape index (κ2) is 19.4. The summed E-state index contributed by atoms with van der Waals surface area (Å²) in [5.74, 6) is 3.29. The van der Waals surface area contributed by atoms with Crippen molar-refractivity contribution < 1.29 is 9.47 Å². The predicted molar refractivity (Wildman–Crippen MR) is 351 cm³/mol. The molecule has 0 spiro atoms. The van der Waals surface area contributed by atoms with Crippen LogP contribution in [0.4, 0.5) is 34.1 Å². The summed E-state index contributed by atoms with van der Waals surface area (Å²) in [5, 5.41) is 0. The highest BCUT2D eigenvalue weighted by Crippen LogP contribution is 2.54. The second-order valence-corrected chi connectivity index (χ2v) is 22.2. The highest BCUT2D eigenvalue weighted by atomic mass is 16.5. The monoisotopic (exact) mass is 1070 g/mol. The number of nitrogens with zero attached hydrogens (tertiary/aromatic N) is 2. The summed E-state index contributed by atoms with van der Waals surface area (Å²) in [4.78, 5) is 5.22. The summed E-state index contributed by atoms with van der Waals surface area (Å²) in [6.07, 6.45) is 0. The molecule has 6 heteroatoms. The van der Waals surface area contributed by atoms with Crippen molar-refractivity contribution in [2.24, 2.45) is 0 Å². The fourth-order valence-corrected chi connectivity index (χ4v) is 13.9. The lowest BCUT2D eigenvalue weighted by atomic mass is 9.31. The molecule has 0 fully saturated rings. The summed E-state index contributed by atoms with van der Waals surface area (Å²) >= 11 is 0. The van der Waals surface area contributed by atoms with Crippen molar-refractivity contribution in [1.29, 1.82) is 0 Å². The summed E-state index contributed by atoms with van der Waals surface area (Å²) in [6.45, 7) is -0.389. The number of fused-ring (bicyclic) bond motifs is 8. The zero-order valence-corrected chi connectivity index (χ0v) is 45.7. The van der Waals surface area contributed by atoms with Gasteiger partial charge in [-0.15, -0.1) is 0 Å². The third-order valence-corrected chi connectivity index (χ3v) is 17.6. The maximum Gasteiger partial charge on any atom is 0.260 e. The standard InChI is InChI=1S/C78H50B2N2O2/c1-7-25-51(26-8-1)57-45-69-75-70(46-57)82(78-61(55-33-15-5-16-34-55)39-24-40-62(78)56-35-17-6-18-36-56)68-50-72-66(80-64-42-20-22-44-71(64)83-73-47-58(48-74(84-72)76(73)80)52-27-9-2-10-28-52)49-65(68)79(75)63-41-19-21-43-67(63)81(69)77-59(53-29-11-3-12-30-53)37-23-38-60(77)54-31-13-4-14-32-54/h1-50H. The van der Waals surface area contributed by atoms with Gasteiger partial charge in [0.15, 0.2) is 0 Å². The van der Waals surface area contributed by atoms with E-state index in [1.54, 1.807) is 0 Å². The van der Waals surface area contributed by atoms with Crippen molar-refractivity contribution >= 4 is 80.3 Å². The second-order valence-electron chi connectivity index (χ2n) is 22.2. The van der Waals surface area contributed by atoms with E-state index in [0.29, 0.717) is 0 Å². The van der Waals surface area contributed by atoms with Gasteiger partial charge < -0.3 is 19.3 Å². The fraction of sp³-hybridized carbons (Fsp3) is 0. The van der Waals surface area contributed by atoms with Crippen LogP contribution >= 0.6 is 0 Å². The molecule has 0 saturated heterocycles. The van der Waals surface area contributed by atoms with E-state index >= 15 is 0 Å². The molecule has 4 aliphatic rings. The molecule has 0 radical (unpaired) electrons. The number of hydrogen-bond acceptors (Lipinski definition) is 4. The largest absolute Gasteiger partial charge is 0.458 e. The normalized spacial score (nSPS) is 12.9. The Morgan fingerprint density at radius 3 is 1.08 bits per heavy atom. The van der Waals surface area contributed by atoms with Crippen LogP contribution in [0.1, 0.15) is 0 Å². The average Bonchev–Trinajstić information content (AvgIpc) is 0.904. The minimum atomic E-state index is -0.214. The Bertz CT molecular complexity index is 4620. The summed E-state index contributed by atoms with van der Waals surface area (Å²) in [5.41, 5.74) is 27.0. The lowest BCUT2D eigenvalue weighted by molar-refractivity contribution is 0.465. The van der Waals surface area contributed by atoms with Crippen LogP contribution in [-0.4, -0.2) is 13.4 Å². The molecule has 0 unspecified atom stereocenters. The van der Waals surface area contributed by atoms with Gasteiger partial charge in [-0.2, -0.15) is 0 Å². The summed E-state index contributed by atoms with van der Waals surface area (Å²) in [7, 11) is 0. The first-order valence-corrected chi connectivity index (χ1v) is 29.0. The average molecular weight is 1070 g/mol. The highest BCUT2D eigenvalue weighted by molar-refractivity contribution is 7.02. The molecule has 4 heterocycles. The highest BCUT2D eigenvalue weighted by Gasteiger charge is 2.48. The van der Waals surface area contributed by atoms with E-state index in [0.717, 1.165) is 140 Å². The van der Waals surface area contributed by atoms with Crippen LogP contribution < -0.4 is 52.1 Å². The zero-order valence-electron chi connectivity index (χ0n) is 45.7. The molecule has 0 N–H and O–H groups in total. The molecular weight excluding hydrogens is 1020 g/mol. The Kier molecular flexibility index (Phi) is 11.1. The molecule has 390 valence electrons. The lowest BCUT2D eigenvalue weighted by Gasteiger charge is -2.46. The van der Waals surface area contributed by atoms with Crippen LogP contribution in [0.25, 0.3) is 66.8 Å². The molecule has 4 aliphatic heterocycles. The topological polar surface area (TPSA) is 24.9 Å². The van der Waals surface area contributed by atoms with E-state index in [1.165, 1.54) is 16.4 Å². The Morgan fingerprint density at radius 1 is 0.214 bits per heavy atom. The van der Waals surface area contributed by atoms with Crippen molar-refractivity contribution in [2.75, 3.05) is 9.80 Å². The molecule has 0 aromatic heterocycles. The molecule has 17 rings (SSSR count). The quantitative estimate of drug-likeness (QED) is 0.142. The van der Waals surface area contributed by atoms with Crippen molar-refractivity contribution in [3.8, 4) is 89.8 Å². The van der Waals surface area contributed by atoms with Gasteiger partial charge >= 0.3 is 0 Å². The lowest BCUT2D eigenvalue weighted by Crippen LogP contribution is -2.64. The van der Waals surface area contributed by atoms with Crippen LogP contribution in [0.3, 0.4) is 0 Å². The van der Waals surface area contributed by atoms with Crippen molar-refractivity contribution in [1.82, 2.24) is 0 Å². The van der Waals surface area contributed by atoms with Gasteiger partial charge in [0.2, 0.25) is 0 Å². The van der Waals surface area contributed by atoms with Crippen molar-refractivity contribution in [3.05, 3.63) is 303 Å². The van der Waals surface area contributed by atoms with E-state index in [2.05, 4.69) is 313 Å². The fourth-order valence-electron chi connectivity index (χ4n) is 13.9. The van der Waals surface area contributed by atoms with E-state index in [1.807, 2.05) is 0 Å². The van der Waals surface area contributed by atoms with Crippen molar-refractivity contribution in [3.63, 3.8) is 0 Å². The van der Waals surface area contributed by atoms with Gasteiger partial charge in [-0.3, -0.25) is 0 Å². The molecular formula is C78H50B2N2O2. The van der Waals surface area contributed by atoms with Crippen LogP contribution in [0, 0.1) is 0 Å². The summed E-state index contributed by atoms with van der Waals surface area (Å²) in [6, 6.07) is 111. The maximum absolute atomic E-state index is 7.51. The number of ether oxygens (including phenoxy) is 2. The molecule has 0 bridgehead atoms. The Balaban J connectivity index is 1.02. The van der Waals surface area contributed by atoms with Gasteiger partial charge in [0.05, 0.1) is 11.4 Å². The number of benzene rings is 13. The Morgan fingerprint density at radius 2 is 0.595 bits per heavy atom. The molecule has 4 nitrogen and oxygen atoms in total. The molecule has 0 amide bonds. The Labute approximate surface area is 489 Å². The van der Waals surface area contributed by atoms with Gasteiger partial charge in [0, 0.05) is 56.5 Å². The van der Waals surface area contributed by atoms with E-state index in [4.69, 9.17) is 9.47 Å². The van der Waals surface area contributed by atoms with E-state index in [9.17, 15) is 0 Å². The summed E-state index contributed by atoms with van der Waals surface area (Å²) < 4.78 is 14.5. The zero-order chi connectivity index (χ0) is 55.2. The number of rotatable bonds is 8. The first-order valence-electron chi connectivity index (χ1n) is 29.0. The molecule has 0 atom stereocenters. The van der Waals surface area contributed by atoms with E-state index < -0.39 is 0 Å². The van der Waals surface area contributed by atoms with Crippen LogP contribution in [0.15, 0.2) is 303 Å². The third kappa shape index (κ3) is 7.57. The van der Waals surface area contributed by atoms with Gasteiger partial charge in [-0.25, -0.2) is 0 Å². The number of hydrogen-bond donors (Lipinski definition) is 0. The SMILES string of the molecule is c1ccc(-c2cc3c4c(c2)Oc2cc5c(cc2B4c2ccccc2O3)B2c3ccccc3N(c3c(-c4ccccc4)cccc3-c3ccccc3)c3cc(-c4ccccc4)cc(c32)N5c2c(-c3ccccc3)cccc2-c2ccccc2)cc1. The van der Waals surface area contributed by atoms with Gasteiger partial charge in [-0.05, 0) is 108 Å². The van der Waals surface area contributed by atoms with Gasteiger partial charge in [0.25, 0.3) is 13.4 Å². The third-order valence-electron chi connectivity index (χ3n) is 17.6. The van der Waals surface area contributed by atoms with Crippen LogP contribution in [0.2, 0.25) is 0 Å². The van der Waals surface area contributed by atoms with Gasteiger partial charge in [-0.1, -0.05) is 261 Å². The van der Waals surface area contributed by atoms with E-state index in [-0.39, 0.29) is 13.4 Å². The van der Waals surface area contributed by atoms with Crippen LogP contribution in [0.5, 0.6) is 23.0 Å². The molecule has 84 heavy (non-hydrogen) atoms. The van der Waals surface area contributed by atoms with Crippen LogP contribution in [-0.2, 0) is 0 Å². The smallest absolute Gasteiger partial charge is 0.260 e. The first-order chi connectivity index (χ1) is 41.7. The number of para-hydroxylation sites is 4. The first kappa shape index (κ1) is 47.9. The maximum atomic E-state index is 7.51. The number of anilines is 6.